The van der Waals surface area contributed by atoms with Crippen molar-refractivity contribution in [3.05, 3.63) is 120 Å². The molecule has 4 nitrogen and oxygen atoms in total. The van der Waals surface area contributed by atoms with Crippen LogP contribution in [0, 0.1) is 0 Å². The lowest BCUT2D eigenvalue weighted by Gasteiger charge is -2.19. The fourth-order valence-electron chi connectivity index (χ4n) is 3.62. The Morgan fingerprint density at radius 3 is 2.34 bits per heavy atom. The molecule has 0 bridgehead atoms. The molecule has 0 fully saturated rings. The van der Waals surface area contributed by atoms with Crippen molar-refractivity contribution >= 4 is 34.4 Å². The van der Waals surface area contributed by atoms with Crippen LogP contribution in [0.15, 0.2) is 103 Å². The predicted molar refractivity (Wildman–Crippen MR) is 130 cm³/mol. The predicted octanol–water partition coefficient (Wildman–Crippen LogP) is 5.45. The van der Waals surface area contributed by atoms with E-state index >= 15 is 0 Å². The minimum Gasteiger partial charge on any atom is -0.348 e. The molecule has 4 rings (SSSR count). The van der Waals surface area contributed by atoms with Gasteiger partial charge in [-0.25, -0.2) is 0 Å². The Morgan fingerprint density at radius 2 is 1.50 bits per heavy atom. The van der Waals surface area contributed by atoms with Gasteiger partial charge in [-0.15, -0.1) is 0 Å². The van der Waals surface area contributed by atoms with Gasteiger partial charge in [0.05, 0.1) is 11.3 Å². The lowest BCUT2D eigenvalue weighted by atomic mass is 10.0. The molecule has 0 atom stereocenters. The first-order valence-corrected chi connectivity index (χ1v) is 10.5. The third kappa shape index (κ3) is 4.76. The number of para-hydroxylation sites is 1. The second kappa shape index (κ2) is 9.75. The fourth-order valence-corrected chi connectivity index (χ4v) is 3.62. The van der Waals surface area contributed by atoms with Gasteiger partial charge in [0, 0.05) is 19.7 Å². The van der Waals surface area contributed by atoms with E-state index in [0.717, 1.165) is 21.9 Å². The lowest BCUT2D eigenvalue weighted by Crippen LogP contribution is -2.29. The summed E-state index contributed by atoms with van der Waals surface area (Å²) < 4.78 is 0. The molecule has 2 amide bonds. The Morgan fingerprint density at radius 1 is 0.812 bits per heavy atom. The first kappa shape index (κ1) is 21.1. The van der Waals surface area contributed by atoms with Crippen LogP contribution in [-0.4, -0.2) is 18.9 Å². The number of carbonyl (C=O) groups excluding carboxylic acids is 2. The van der Waals surface area contributed by atoms with Crippen molar-refractivity contribution in [2.75, 3.05) is 11.9 Å². The Bertz CT molecular complexity index is 1270. The monoisotopic (exact) mass is 420 g/mol. The number of hydrogen-bond acceptors (Lipinski definition) is 2. The van der Waals surface area contributed by atoms with Crippen LogP contribution >= 0.6 is 0 Å². The molecule has 0 aliphatic carbocycles. The van der Waals surface area contributed by atoms with E-state index in [0.29, 0.717) is 17.8 Å². The second-order valence-corrected chi connectivity index (χ2v) is 7.48. The fraction of sp³-hybridized carbons (Fsp3) is 0.0714. The highest BCUT2D eigenvalue weighted by atomic mass is 16.2. The van der Waals surface area contributed by atoms with Gasteiger partial charge in [0.15, 0.2) is 0 Å². The Hall–Kier alpha value is -4.18. The van der Waals surface area contributed by atoms with Gasteiger partial charge in [-0.2, -0.15) is 0 Å². The lowest BCUT2D eigenvalue weighted by molar-refractivity contribution is -0.113. The van der Waals surface area contributed by atoms with Crippen LogP contribution in [0.4, 0.5) is 5.69 Å². The van der Waals surface area contributed by atoms with Crippen LogP contribution in [0.2, 0.25) is 0 Å². The summed E-state index contributed by atoms with van der Waals surface area (Å²) in [5.41, 5.74) is 3.00. The highest BCUT2D eigenvalue weighted by Crippen LogP contribution is 2.22. The number of hydrogen-bond donors (Lipinski definition) is 1. The average molecular weight is 421 g/mol. The molecule has 0 unspecified atom stereocenters. The summed E-state index contributed by atoms with van der Waals surface area (Å²) >= 11 is 0. The number of nitrogens with one attached hydrogen (secondary N) is 1. The van der Waals surface area contributed by atoms with Crippen molar-refractivity contribution < 1.29 is 9.59 Å². The third-order valence-corrected chi connectivity index (χ3v) is 5.37. The Kier molecular flexibility index (Phi) is 6.42. The number of nitrogens with zero attached hydrogens (tertiary/aromatic N) is 1. The smallest absolute Gasteiger partial charge is 0.253 e. The van der Waals surface area contributed by atoms with E-state index in [1.54, 1.807) is 31.3 Å². The van der Waals surface area contributed by atoms with Crippen LogP contribution in [0.5, 0.6) is 0 Å². The van der Waals surface area contributed by atoms with Crippen molar-refractivity contribution in [2.24, 2.45) is 0 Å². The number of anilines is 1. The Balaban J connectivity index is 1.51. The summed E-state index contributed by atoms with van der Waals surface area (Å²) in [6.45, 7) is 0.423. The van der Waals surface area contributed by atoms with E-state index in [4.69, 9.17) is 0 Å². The standard InChI is InChI=1S/C28H24N2O2/c1-30(27(31)19-18-23-14-9-13-22-12-5-6-15-24(22)23)26-17-8-7-16-25(26)28(32)29-20-21-10-3-2-4-11-21/h2-19H,20H2,1H3,(H,29,32)/b19-18+. The van der Waals surface area contributed by atoms with Crippen molar-refractivity contribution in [1.82, 2.24) is 5.32 Å². The molecule has 0 spiro atoms. The molecule has 0 heterocycles. The zero-order valence-corrected chi connectivity index (χ0v) is 17.9. The van der Waals surface area contributed by atoms with Gasteiger partial charge in [0.2, 0.25) is 0 Å². The van der Waals surface area contributed by atoms with Gasteiger partial charge in [-0.05, 0) is 40.1 Å². The molecule has 158 valence electrons. The van der Waals surface area contributed by atoms with E-state index in [-0.39, 0.29) is 11.8 Å². The van der Waals surface area contributed by atoms with Crippen LogP contribution in [-0.2, 0) is 11.3 Å². The molecular weight excluding hydrogens is 396 g/mol. The number of amides is 2. The summed E-state index contributed by atoms with van der Waals surface area (Å²) in [6, 6.07) is 30.9. The van der Waals surface area contributed by atoms with E-state index in [9.17, 15) is 9.59 Å². The van der Waals surface area contributed by atoms with E-state index in [1.165, 1.54) is 4.90 Å². The van der Waals surface area contributed by atoms with Crippen LogP contribution < -0.4 is 10.2 Å². The second-order valence-electron chi connectivity index (χ2n) is 7.48. The molecule has 4 aromatic rings. The zero-order valence-electron chi connectivity index (χ0n) is 17.9. The first-order chi connectivity index (χ1) is 15.6. The molecule has 4 aromatic carbocycles. The number of likely N-dealkylation sites (N-methyl/N-ethyl adjacent to an activating group) is 1. The summed E-state index contributed by atoms with van der Waals surface area (Å²) in [5, 5.41) is 5.14. The molecular formula is C28H24N2O2. The minimum absolute atomic E-state index is 0.207. The number of benzene rings is 4. The van der Waals surface area contributed by atoms with Gasteiger partial charge in [0.25, 0.3) is 11.8 Å². The number of carbonyl (C=O) groups is 2. The molecule has 0 aromatic heterocycles. The summed E-state index contributed by atoms with van der Waals surface area (Å²) in [7, 11) is 1.68. The molecule has 32 heavy (non-hydrogen) atoms. The van der Waals surface area contributed by atoms with Crippen LogP contribution in [0.3, 0.4) is 0 Å². The molecule has 4 heteroatoms. The van der Waals surface area contributed by atoms with Crippen molar-refractivity contribution in [3.8, 4) is 0 Å². The zero-order chi connectivity index (χ0) is 22.3. The molecule has 0 saturated heterocycles. The van der Waals surface area contributed by atoms with E-state index in [1.807, 2.05) is 84.9 Å². The largest absolute Gasteiger partial charge is 0.348 e. The van der Waals surface area contributed by atoms with E-state index in [2.05, 4.69) is 5.32 Å². The Labute approximate surface area is 187 Å². The number of rotatable bonds is 6. The van der Waals surface area contributed by atoms with Gasteiger partial charge < -0.3 is 10.2 Å². The molecule has 0 radical (unpaired) electrons. The summed E-state index contributed by atoms with van der Waals surface area (Å²) in [5.74, 6) is -0.427. The van der Waals surface area contributed by atoms with Crippen LogP contribution in [0.1, 0.15) is 21.5 Å². The maximum atomic E-state index is 12.9. The van der Waals surface area contributed by atoms with Gasteiger partial charge >= 0.3 is 0 Å². The molecule has 1 N–H and O–H groups in total. The van der Waals surface area contributed by atoms with Gasteiger partial charge in [0.1, 0.15) is 0 Å². The highest BCUT2D eigenvalue weighted by Gasteiger charge is 2.17. The van der Waals surface area contributed by atoms with Gasteiger partial charge in [-0.3, -0.25) is 9.59 Å². The quantitative estimate of drug-likeness (QED) is 0.422. The maximum Gasteiger partial charge on any atom is 0.253 e. The van der Waals surface area contributed by atoms with Crippen LogP contribution in [0.25, 0.3) is 16.8 Å². The van der Waals surface area contributed by atoms with Gasteiger partial charge in [-0.1, -0.05) is 84.9 Å². The van der Waals surface area contributed by atoms with E-state index < -0.39 is 0 Å². The van der Waals surface area contributed by atoms with Crippen molar-refractivity contribution in [3.63, 3.8) is 0 Å². The summed E-state index contributed by atoms with van der Waals surface area (Å²) in [6.07, 6.45) is 3.36. The molecule has 0 aliphatic heterocycles. The van der Waals surface area contributed by atoms with Crippen molar-refractivity contribution in [2.45, 2.75) is 6.54 Å². The number of fused-ring (bicyclic) bond motifs is 1. The SMILES string of the molecule is CN(C(=O)/C=C/c1cccc2ccccc12)c1ccccc1C(=O)NCc1ccccc1. The minimum atomic E-state index is -0.220. The highest BCUT2D eigenvalue weighted by molar-refractivity contribution is 6.09. The summed E-state index contributed by atoms with van der Waals surface area (Å²) in [4.78, 5) is 27.2. The first-order valence-electron chi connectivity index (χ1n) is 10.5. The van der Waals surface area contributed by atoms with Crippen molar-refractivity contribution in [1.29, 1.82) is 0 Å². The molecule has 0 aliphatic rings. The average Bonchev–Trinajstić information content (AvgIpc) is 2.86. The third-order valence-electron chi connectivity index (χ3n) is 5.37. The molecule has 0 saturated carbocycles. The maximum absolute atomic E-state index is 12.9. The normalized spacial score (nSPS) is 10.9. The topological polar surface area (TPSA) is 49.4 Å².